The van der Waals surface area contributed by atoms with E-state index in [0.29, 0.717) is 83.8 Å². The third kappa shape index (κ3) is 10.1. The Kier molecular flexibility index (Phi) is 15.4. The Morgan fingerprint density at radius 1 is 0.338 bits per heavy atom. The first-order chi connectivity index (χ1) is 33.6. The maximum absolute atomic E-state index is 6.58. The van der Waals surface area contributed by atoms with E-state index in [-0.39, 0.29) is 0 Å². The third-order valence-corrected chi connectivity index (χ3v) is 12.8. The molecule has 0 atom stereocenters. The summed E-state index contributed by atoms with van der Waals surface area (Å²) < 4.78 is 26.3. The molecule has 0 radical (unpaired) electrons. The molecule has 5 heterocycles. The molecular formula is C56H66N8O4. The van der Waals surface area contributed by atoms with Gasteiger partial charge in [0.25, 0.3) is 0 Å². The van der Waals surface area contributed by atoms with Crippen LogP contribution in [0.15, 0.2) is 72.8 Å². The first-order valence-corrected chi connectivity index (χ1v) is 25.5. The Morgan fingerprint density at radius 3 is 1.06 bits per heavy atom. The molecule has 3 aromatic heterocycles. The van der Waals surface area contributed by atoms with E-state index in [4.69, 9.17) is 48.9 Å². The van der Waals surface area contributed by atoms with Gasteiger partial charge < -0.3 is 28.9 Å². The number of rotatable bonds is 24. The van der Waals surface area contributed by atoms with E-state index in [1.54, 1.807) is 0 Å². The largest absolute Gasteiger partial charge is 0.493 e. The molecule has 0 saturated carbocycles. The number of nitrogens with zero attached hydrogens (tertiary/aromatic N) is 6. The third-order valence-electron chi connectivity index (χ3n) is 12.8. The minimum absolute atomic E-state index is 0.489. The lowest BCUT2D eigenvalue weighted by Crippen LogP contribution is -1.99. The van der Waals surface area contributed by atoms with Crippen molar-refractivity contribution in [2.45, 2.75) is 130 Å². The molecule has 4 aromatic carbocycles. The highest BCUT2D eigenvalue weighted by Gasteiger charge is 2.27. The van der Waals surface area contributed by atoms with Gasteiger partial charge in [0.15, 0.2) is 23.3 Å². The van der Waals surface area contributed by atoms with Crippen LogP contribution >= 0.6 is 0 Å². The molecule has 68 heavy (non-hydrogen) atoms. The average Bonchev–Trinajstić information content (AvgIpc) is 4.10. The number of fused-ring (bicyclic) bond motifs is 20. The SMILES string of the molecule is CCCCCCOc1cccc2c1-c1nc-2nc2[nH]c(nc3nc(nc4[nH]c(n1)c1cccc(OCCCCCC)c41)-c1cccc(OCCCCCC)c1-3)c1cccc(OCCCCCC)c21. The molecule has 0 unspecified atom stereocenters. The molecule has 2 aliphatic heterocycles. The van der Waals surface area contributed by atoms with Crippen LogP contribution in [0.3, 0.4) is 0 Å². The van der Waals surface area contributed by atoms with Crippen molar-refractivity contribution in [2.75, 3.05) is 26.4 Å². The van der Waals surface area contributed by atoms with Gasteiger partial charge in [-0.15, -0.1) is 0 Å². The van der Waals surface area contributed by atoms with Crippen molar-refractivity contribution in [3.05, 3.63) is 72.8 Å². The van der Waals surface area contributed by atoms with Crippen LogP contribution in [0.25, 0.3) is 89.7 Å². The fourth-order valence-corrected chi connectivity index (χ4v) is 9.18. The van der Waals surface area contributed by atoms with Crippen molar-refractivity contribution < 1.29 is 18.9 Å². The predicted octanol–water partition coefficient (Wildman–Crippen LogP) is 14.7. The summed E-state index contributed by atoms with van der Waals surface area (Å²) in [6.07, 6.45) is 17.5. The fraction of sp³-hybridized carbons (Fsp3) is 0.429. The molecule has 0 fully saturated rings. The van der Waals surface area contributed by atoms with Gasteiger partial charge in [-0.25, -0.2) is 29.9 Å². The second-order valence-electron chi connectivity index (χ2n) is 18.0. The molecular weight excluding hydrogens is 849 g/mol. The number of ether oxygens (including phenoxy) is 4. The maximum atomic E-state index is 6.58. The van der Waals surface area contributed by atoms with Crippen LogP contribution in [0.1, 0.15) is 130 Å². The molecule has 0 spiro atoms. The highest BCUT2D eigenvalue weighted by molar-refractivity contribution is 6.10. The second-order valence-corrected chi connectivity index (χ2v) is 18.0. The van der Waals surface area contributed by atoms with Gasteiger partial charge in [-0.2, -0.15) is 0 Å². The van der Waals surface area contributed by atoms with Gasteiger partial charge in [-0.3, -0.25) is 0 Å². The van der Waals surface area contributed by atoms with Gasteiger partial charge in [0.05, 0.1) is 48.3 Å². The van der Waals surface area contributed by atoms with E-state index in [2.05, 4.69) is 49.8 Å². The minimum atomic E-state index is 0.489. The molecule has 12 nitrogen and oxygen atoms in total. The Balaban J connectivity index is 1.32. The Bertz CT molecular complexity index is 2810. The fourth-order valence-electron chi connectivity index (χ4n) is 9.18. The number of hydrogen-bond donors (Lipinski definition) is 2. The molecule has 0 aliphatic carbocycles. The zero-order chi connectivity index (χ0) is 46.7. The molecule has 7 aromatic rings. The molecule has 2 aliphatic rings. The van der Waals surface area contributed by atoms with E-state index in [0.717, 1.165) is 132 Å². The van der Waals surface area contributed by atoms with Crippen LogP contribution < -0.4 is 18.9 Å². The van der Waals surface area contributed by atoms with Crippen molar-refractivity contribution in [3.63, 3.8) is 0 Å². The number of aromatic nitrogens is 8. The summed E-state index contributed by atoms with van der Waals surface area (Å²) in [5.41, 5.74) is 5.57. The van der Waals surface area contributed by atoms with Gasteiger partial charge >= 0.3 is 0 Å². The number of H-pyrrole nitrogens is 2. The van der Waals surface area contributed by atoms with Crippen molar-refractivity contribution in [2.24, 2.45) is 0 Å². The van der Waals surface area contributed by atoms with Crippen molar-refractivity contribution in [3.8, 4) is 68.5 Å². The highest BCUT2D eigenvalue weighted by atomic mass is 16.5. The summed E-state index contributed by atoms with van der Waals surface area (Å²) in [5, 5.41) is 3.34. The number of benzene rings is 4. The number of nitrogens with one attached hydrogen (secondary N) is 2. The smallest absolute Gasteiger partial charge is 0.168 e. The van der Waals surface area contributed by atoms with Crippen LogP contribution in [0.4, 0.5) is 0 Å². The first-order valence-electron chi connectivity index (χ1n) is 25.5. The lowest BCUT2D eigenvalue weighted by Gasteiger charge is -2.10. The lowest BCUT2D eigenvalue weighted by atomic mass is 10.1. The van der Waals surface area contributed by atoms with Crippen molar-refractivity contribution in [1.29, 1.82) is 0 Å². The van der Waals surface area contributed by atoms with Gasteiger partial charge in [0.1, 0.15) is 45.6 Å². The molecule has 0 amide bonds. The number of aromatic amines is 2. The minimum Gasteiger partial charge on any atom is -0.493 e. The summed E-state index contributed by atoms with van der Waals surface area (Å²) in [7, 11) is 0. The van der Waals surface area contributed by atoms with Crippen molar-refractivity contribution in [1.82, 2.24) is 39.9 Å². The van der Waals surface area contributed by atoms with Crippen LogP contribution in [-0.4, -0.2) is 66.3 Å². The normalized spacial score (nSPS) is 11.8. The van der Waals surface area contributed by atoms with Crippen LogP contribution in [0.2, 0.25) is 0 Å². The molecule has 0 saturated heterocycles. The summed E-state index contributed by atoms with van der Waals surface area (Å²) >= 11 is 0. The lowest BCUT2D eigenvalue weighted by molar-refractivity contribution is 0.306. The van der Waals surface area contributed by atoms with Gasteiger partial charge in [-0.05, 0) is 49.9 Å². The molecule has 8 bridgehead atoms. The maximum Gasteiger partial charge on any atom is 0.168 e. The summed E-state index contributed by atoms with van der Waals surface area (Å²) in [6.45, 7) is 11.2. The number of hydrogen-bond acceptors (Lipinski definition) is 10. The standard InChI is InChI=1S/C56H66N8O4/c1-5-9-13-17-33-65-41-29-21-25-37-45(41)53-57-49(37)62-54-47-39(27-23-31-43(47)67-35-19-15-11-7-3)51(59-54)64-56-48-40(28-24-32-44(48)68-36-20-16-12-8-4)52(60-56)63-55-46-38(50(58-55)61-53)26-22-30-42(46)66-34-18-14-10-6-2/h21-32H,5-20,33-36H2,1-4H3,(H2,57,58,59,60,61,62,63,64). The van der Waals surface area contributed by atoms with Crippen LogP contribution in [-0.2, 0) is 0 Å². The molecule has 2 N–H and O–H groups in total. The van der Waals surface area contributed by atoms with Crippen LogP contribution in [0, 0.1) is 0 Å². The highest BCUT2D eigenvalue weighted by Crippen LogP contribution is 2.44. The monoisotopic (exact) mass is 915 g/mol. The topological polar surface area (TPSA) is 146 Å². The van der Waals surface area contributed by atoms with Crippen LogP contribution in [0.5, 0.6) is 23.0 Å². The van der Waals surface area contributed by atoms with E-state index in [1.165, 1.54) is 25.7 Å². The Hall–Kier alpha value is -6.56. The zero-order valence-corrected chi connectivity index (χ0v) is 40.4. The Labute approximate surface area is 399 Å². The summed E-state index contributed by atoms with van der Waals surface area (Å²) in [6, 6.07) is 24.3. The molecule has 354 valence electrons. The Morgan fingerprint density at radius 2 is 0.676 bits per heavy atom. The molecule has 12 heteroatoms. The van der Waals surface area contributed by atoms with E-state index in [9.17, 15) is 0 Å². The van der Waals surface area contributed by atoms with E-state index in [1.807, 2.05) is 60.7 Å². The average molecular weight is 915 g/mol. The number of unbranched alkanes of at least 4 members (excludes halogenated alkanes) is 12. The summed E-state index contributed by atoms with van der Waals surface area (Å²) in [5.74, 6) is 4.87. The first kappa shape index (κ1) is 46.5. The molecule has 9 rings (SSSR count). The second kappa shape index (κ2) is 22.5. The van der Waals surface area contributed by atoms with E-state index >= 15 is 0 Å². The van der Waals surface area contributed by atoms with Gasteiger partial charge in [0.2, 0.25) is 0 Å². The predicted molar refractivity (Wildman–Crippen MR) is 275 cm³/mol. The van der Waals surface area contributed by atoms with E-state index < -0.39 is 0 Å². The quantitative estimate of drug-likeness (QED) is 0.0562. The summed E-state index contributed by atoms with van der Waals surface area (Å²) in [4.78, 5) is 39.2. The van der Waals surface area contributed by atoms with Gasteiger partial charge in [0, 0.05) is 21.9 Å². The zero-order valence-electron chi connectivity index (χ0n) is 40.4. The van der Waals surface area contributed by atoms with Gasteiger partial charge in [-0.1, -0.05) is 153 Å². The van der Waals surface area contributed by atoms with Crippen molar-refractivity contribution >= 4 is 44.1 Å².